The molecular formula is C17H17N3OS2. The molecule has 1 atom stereocenters. The van der Waals surface area contributed by atoms with E-state index < -0.39 is 0 Å². The summed E-state index contributed by atoms with van der Waals surface area (Å²) in [6, 6.07) is 13.4. The lowest BCUT2D eigenvalue weighted by Gasteiger charge is -2.11. The summed E-state index contributed by atoms with van der Waals surface area (Å²) in [5.74, 6) is 0.975. The third-order valence-electron chi connectivity index (χ3n) is 3.48. The second-order valence-electron chi connectivity index (χ2n) is 5.02. The van der Waals surface area contributed by atoms with E-state index in [-0.39, 0.29) is 11.0 Å². The number of rotatable bonds is 6. The smallest absolute Gasteiger partial charge is 0.192 e. The number of hydrogen-bond acceptors (Lipinski definition) is 5. The van der Waals surface area contributed by atoms with E-state index in [0.29, 0.717) is 0 Å². The molecule has 3 aromatic rings. The van der Waals surface area contributed by atoms with Crippen LogP contribution < -0.4 is 0 Å². The maximum Gasteiger partial charge on any atom is 0.192 e. The van der Waals surface area contributed by atoms with Crippen LogP contribution in [0.15, 0.2) is 53.0 Å². The summed E-state index contributed by atoms with van der Waals surface area (Å²) >= 11 is 3.10. The van der Waals surface area contributed by atoms with Crippen molar-refractivity contribution in [2.24, 2.45) is 0 Å². The summed E-state index contributed by atoms with van der Waals surface area (Å²) in [5.41, 5.74) is 0.730. The lowest BCUT2D eigenvalue weighted by Crippen LogP contribution is -2.14. The number of benzene rings is 1. The molecule has 0 aliphatic rings. The Balaban J connectivity index is 1.82. The number of ketones is 1. The first-order valence-corrected chi connectivity index (χ1v) is 9.19. The number of nitrogens with zero attached hydrogens (tertiary/aromatic N) is 3. The summed E-state index contributed by atoms with van der Waals surface area (Å²) in [5, 5.41) is 11.2. The van der Waals surface area contributed by atoms with Crippen LogP contribution in [0.1, 0.15) is 24.2 Å². The Hall–Kier alpha value is -1.92. The number of hydrogen-bond donors (Lipinski definition) is 0. The molecule has 0 aliphatic heterocycles. The highest BCUT2D eigenvalue weighted by Crippen LogP contribution is 2.30. The summed E-state index contributed by atoms with van der Waals surface area (Å²) in [4.78, 5) is 13.6. The molecule has 0 spiro atoms. The van der Waals surface area contributed by atoms with Crippen LogP contribution in [-0.2, 0) is 6.54 Å². The van der Waals surface area contributed by atoms with Crippen LogP contribution in [-0.4, -0.2) is 25.8 Å². The van der Waals surface area contributed by atoms with Crippen molar-refractivity contribution in [3.8, 4) is 10.7 Å². The van der Waals surface area contributed by atoms with Crippen LogP contribution >= 0.6 is 23.1 Å². The van der Waals surface area contributed by atoms with E-state index >= 15 is 0 Å². The summed E-state index contributed by atoms with van der Waals surface area (Å²) in [7, 11) is 0. The van der Waals surface area contributed by atoms with Crippen molar-refractivity contribution >= 4 is 28.9 Å². The SMILES string of the molecule is CCn1c(SC(C)C(=O)c2ccccc2)nnc1-c1cccs1. The lowest BCUT2D eigenvalue weighted by molar-refractivity contribution is 0.0994. The molecule has 0 saturated heterocycles. The van der Waals surface area contributed by atoms with E-state index in [9.17, 15) is 4.79 Å². The summed E-state index contributed by atoms with van der Waals surface area (Å²) in [6.45, 7) is 4.75. The molecule has 6 heteroatoms. The highest BCUT2D eigenvalue weighted by molar-refractivity contribution is 8.00. The van der Waals surface area contributed by atoms with Crippen molar-refractivity contribution in [2.45, 2.75) is 30.8 Å². The molecule has 0 amide bonds. The van der Waals surface area contributed by atoms with Crippen LogP contribution in [0.5, 0.6) is 0 Å². The van der Waals surface area contributed by atoms with Crippen molar-refractivity contribution in [3.05, 3.63) is 53.4 Å². The predicted molar refractivity (Wildman–Crippen MR) is 95.1 cm³/mol. The maximum atomic E-state index is 12.5. The average Bonchev–Trinajstić information content (AvgIpc) is 3.23. The standard InChI is InChI=1S/C17H17N3OS2/c1-3-20-16(14-10-7-11-22-14)18-19-17(20)23-12(2)15(21)13-8-5-4-6-9-13/h4-12H,3H2,1-2H3. The number of aromatic nitrogens is 3. The maximum absolute atomic E-state index is 12.5. The normalized spacial score (nSPS) is 12.3. The average molecular weight is 343 g/mol. The van der Waals surface area contributed by atoms with Crippen LogP contribution in [0.25, 0.3) is 10.7 Å². The Labute approximate surface area is 143 Å². The molecule has 0 aliphatic carbocycles. The van der Waals surface area contributed by atoms with Gasteiger partial charge in [0.25, 0.3) is 0 Å². The zero-order valence-corrected chi connectivity index (χ0v) is 14.6. The molecule has 23 heavy (non-hydrogen) atoms. The fourth-order valence-electron chi connectivity index (χ4n) is 2.30. The van der Waals surface area contributed by atoms with E-state index in [0.717, 1.165) is 28.0 Å². The second-order valence-corrected chi connectivity index (χ2v) is 7.27. The van der Waals surface area contributed by atoms with Gasteiger partial charge in [0.2, 0.25) is 0 Å². The molecule has 1 unspecified atom stereocenters. The van der Waals surface area contributed by atoms with E-state index in [1.54, 1.807) is 11.3 Å². The van der Waals surface area contributed by atoms with Gasteiger partial charge in [-0.2, -0.15) is 0 Å². The number of Topliss-reactive ketones (excluding diaryl/α,β-unsaturated/α-hetero) is 1. The van der Waals surface area contributed by atoms with Gasteiger partial charge in [0.15, 0.2) is 16.8 Å². The largest absolute Gasteiger partial charge is 0.302 e. The van der Waals surface area contributed by atoms with Gasteiger partial charge in [0, 0.05) is 12.1 Å². The minimum absolute atomic E-state index is 0.110. The molecular weight excluding hydrogens is 326 g/mol. The number of thiophene rings is 1. The number of carbonyl (C=O) groups is 1. The molecule has 2 aromatic heterocycles. The Morgan fingerprint density at radius 2 is 2.00 bits per heavy atom. The second kappa shape index (κ2) is 7.10. The molecule has 118 valence electrons. The van der Waals surface area contributed by atoms with Crippen molar-refractivity contribution in [1.29, 1.82) is 0 Å². The molecule has 0 N–H and O–H groups in total. The lowest BCUT2D eigenvalue weighted by atomic mass is 10.1. The number of thioether (sulfide) groups is 1. The van der Waals surface area contributed by atoms with Crippen molar-refractivity contribution in [3.63, 3.8) is 0 Å². The monoisotopic (exact) mass is 343 g/mol. The van der Waals surface area contributed by atoms with E-state index in [1.807, 2.05) is 54.8 Å². The molecule has 0 radical (unpaired) electrons. The van der Waals surface area contributed by atoms with E-state index in [1.165, 1.54) is 11.8 Å². The quantitative estimate of drug-likeness (QED) is 0.492. The minimum atomic E-state index is -0.205. The Morgan fingerprint density at radius 3 is 2.65 bits per heavy atom. The van der Waals surface area contributed by atoms with Crippen LogP contribution in [0.4, 0.5) is 0 Å². The van der Waals surface area contributed by atoms with Gasteiger partial charge in [0.05, 0.1) is 10.1 Å². The van der Waals surface area contributed by atoms with Gasteiger partial charge in [-0.3, -0.25) is 4.79 Å². The Morgan fingerprint density at radius 1 is 1.22 bits per heavy atom. The molecule has 3 rings (SSSR count). The van der Waals surface area contributed by atoms with Gasteiger partial charge < -0.3 is 4.57 Å². The molecule has 0 fully saturated rings. The third-order valence-corrected chi connectivity index (χ3v) is 5.43. The predicted octanol–water partition coefficient (Wildman–Crippen LogP) is 4.39. The van der Waals surface area contributed by atoms with Crippen LogP contribution in [0, 0.1) is 0 Å². The summed E-state index contributed by atoms with van der Waals surface area (Å²) < 4.78 is 2.06. The molecule has 0 saturated carbocycles. The minimum Gasteiger partial charge on any atom is -0.302 e. The Bertz CT molecular complexity index is 782. The summed E-state index contributed by atoms with van der Waals surface area (Å²) in [6.07, 6.45) is 0. The van der Waals surface area contributed by atoms with Crippen molar-refractivity contribution in [2.75, 3.05) is 0 Å². The van der Waals surface area contributed by atoms with Gasteiger partial charge in [-0.25, -0.2) is 0 Å². The first-order valence-electron chi connectivity index (χ1n) is 7.43. The van der Waals surface area contributed by atoms with Crippen molar-refractivity contribution < 1.29 is 4.79 Å². The van der Waals surface area contributed by atoms with Crippen LogP contribution in [0.2, 0.25) is 0 Å². The van der Waals surface area contributed by atoms with Crippen molar-refractivity contribution in [1.82, 2.24) is 14.8 Å². The van der Waals surface area contributed by atoms with Gasteiger partial charge >= 0.3 is 0 Å². The molecule has 4 nitrogen and oxygen atoms in total. The number of carbonyl (C=O) groups excluding carboxylic acids is 1. The Kier molecular flexibility index (Phi) is 4.93. The molecule has 2 heterocycles. The fourth-order valence-corrected chi connectivity index (χ4v) is 4.01. The highest BCUT2D eigenvalue weighted by Gasteiger charge is 2.21. The van der Waals surface area contributed by atoms with Gasteiger partial charge in [-0.05, 0) is 25.3 Å². The van der Waals surface area contributed by atoms with Gasteiger partial charge in [0.1, 0.15) is 0 Å². The van der Waals surface area contributed by atoms with E-state index in [4.69, 9.17) is 0 Å². The fraction of sp³-hybridized carbons (Fsp3) is 0.235. The third kappa shape index (κ3) is 3.38. The molecule has 1 aromatic carbocycles. The first kappa shape index (κ1) is 16.0. The molecule has 0 bridgehead atoms. The van der Waals surface area contributed by atoms with E-state index in [2.05, 4.69) is 21.7 Å². The zero-order chi connectivity index (χ0) is 16.2. The van der Waals surface area contributed by atoms with Gasteiger partial charge in [-0.15, -0.1) is 21.5 Å². The topological polar surface area (TPSA) is 47.8 Å². The highest BCUT2D eigenvalue weighted by atomic mass is 32.2. The van der Waals surface area contributed by atoms with Gasteiger partial charge in [-0.1, -0.05) is 48.2 Å². The first-order chi connectivity index (χ1) is 11.2. The van der Waals surface area contributed by atoms with Crippen LogP contribution in [0.3, 0.4) is 0 Å². The zero-order valence-electron chi connectivity index (χ0n) is 13.0.